The van der Waals surface area contributed by atoms with Crippen LogP contribution in [0.5, 0.6) is 28.7 Å². The van der Waals surface area contributed by atoms with Gasteiger partial charge in [0, 0.05) is 18.2 Å². The van der Waals surface area contributed by atoms with Crippen molar-refractivity contribution in [3.63, 3.8) is 0 Å². The van der Waals surface area contributed by atoms with Crippen LogP contribution in [0.3, 0.4) is 0 Å². The van der Waals surface area contributed by atoms with Crippen molar-refractivity contribution in [2.45, 2.75) is 13.0 Å². The Kier molecular flexibility index (Phi) is 5.39. The maximum Gasteiger partial charge on any atom is 0.573 e. The van der Waals surface area contributed by atoms with Gasteiger partial charge in [-0.2, -0.15) is 8.78 Å². The SMILES string of the molecule is [2H]C([2H])([2H])Oc1cc(OC(F)(F)F)ccc1Oc1cc(OC(F)F)cc(F)c1C(=O)OC. The summed E-state index contributed by atoms with van der Waals surface area (Å²) in [5, 5.41) is 0. The quantitative estimate of drug-likeness (QED) is 0.460. The second kappa shape index (κ2) is 8.80. The lowest BCUT2D eigenvalue weighted by Gasteiger charge is -2.16. The van der Waals surface area contributed by atoms with Crippen molar-refractivity contribution >= 4 is 5.97 Å². The average molecular weight is 429 g/mol. The average Bonchev–Trinajstić information content (AvgIpc) is 2.60. The Morgan fingerprint density at radius 1 is 1.07 bits per heavy atom. The summed E-state index contributed by atoms with van der Waals surface area (Å²) in [7, 11) is -2.30. The van der Waals surface area contributed by atoms with Crippen LogP contribution in [0.2, 0.25) is 0 Å². The second-order valence-electron chi connectivity index (χ2n) is 5.01. The molecule has 0 aliphatic rings. The minimum Gasteiger partial charge on any atom is -0.493 e. The first kappa shape index (κ1) is 17.8. The molecule has 0 amide bonds. The van der Waals surface area contributed by atoms with Crippen LogP contribution in [0.1, 0.15) is 14.5 Å². The first-order chi connectivity index (χ1) is 14.7. The molecule has 6 nitrogen and oxygen atoms in total. The molecule has 0 N–H and O–H groups in total. The van der Waals surface area contributed by atoms with Gasteiger partial charge < -0.3 is 23.7 Å². The van der Waals surface area contributed by atoms with E-state index in [1.807, 2.05) is 0 Å². The Bertz CT molecular complexity index is 980. The molecule has 0 heterocycles. The second-order valence-corrected chi connectivity index (χ2v) is 5.01. The summed E-state index contributed by atoms with van der Waals surface area (Å²) < 4.78 is 120. The molecule has 0 fully saturated rings. The molecule has 0 aromatic heterocycles. The third-order valence-corrected chi connectivity index (χ3v) is 3.12. The van der Waals surface area contributed by atoms with Crippen LogP contribution in [0, 0.1) is 5.82 Å². The monoisotopic (exact) mass is 429 g/mol. The van der Waals surface area contributed by atoms with Crippen LogP contribution in [-0.2, 0) is 4.74 Å². The Balaban J connectivity index is 2.57. The van der Waals surface area contributed by atoms with E-state index >= 15 is 0 Å². The summed E-state index contributed by atoms with van der Waals surface area (Å²) in [4.78, 5) is 11.9. The first-order valence-electron chi connectivity index (χ1n) is 8.82. The lowest BCUT2D eigenvalue weighted by molar-refractivity contribution is -0.274. The molecule has 0 spiro atoms. The lowest BCUT2D eigenvalue weighted by Crippen LogP contribution is -2.17. The highest BCUT2D eigenvalue weighted by molar-refractivity contribution is 5.93. The molecule has 0 aliphatic carbocycles. The van der Waals surface area contributed by atoms with Crippen molar-refractivity contribution in [2.24, 2.45) is 0 Å². The fourth-order valence-electron chi connectivity index (χ4n) is 2.08. The molecule has 29 heavy (non-hydrogen) atoms. The van der Waals surface area contributed by atoms with Gasteiger partial charge in [-0.1, -0.05) is 0 Å². The molecule has 2 rings (SSSR count). The Morgan fingerprint density at radius 2 is 1.76 bits per heavy atom. The topological polar surface area (TPSA) is 63.2 Å². The molecule has 158 valence electrons. The number of alkyl halides is 5. The number of halogens is 6. The minimum atomic E-state index is -5.12. The van der Waals surface area contributed by atoms with Crippen molar-refractivity contribution in [1.29, 1.82) is 0 Å². The molecule has 2 aromatic rings. The summed E-state index contributed by atoms with van der Waals surface area (Å²) in [6.45, 7) is -3.38. The van der Waals surface area contributed by atoms with E-state index in [1.165, 1.54) is 0 Å². The molecule has 0 bridgehead atoms. The van der Waals surface area contributed by atoms with Gasteiger partial charge >= 0.3 is 18.9 Å². The normalized spacial score (nSPS) is 13.2. The van der Waals surface area contributed by atoms with Crippen LogP contribution >= 0.6 is 0 Å². The van der Waals surface area contributed by atoms with Crippen molar-refractivity contribution in [2.75, 3.05) is 14.1 Å². The van der Waals surface area contributed by atoms with Crippen molar-refractivity contribution in [3.8, 4) is 28.7 Å². The van der Waals surface area contributed by atoms with Gasteiger partial charge in [-0.15, -0.1) is 13.2 Å². The number of methoxy groups -OCH3 is 2. The van der Waals surface area contributed by atoms with Crippen molar-refractivity contribution in [1.82, 2.24) is 0 Å². The van der Waals surface area contributed by atoms with E-state index in [0.29, 0.717) is 24.3 Å². The Morgan fingerprint density at radius 3 is 2.34 bits per heavy atom. The predicted octanol–water partition coefficient (Wildman–Crippen LogP) is 4.91. The largest absolute Gasteiger partial charge is 0.573 e. The number of hydrogen-bond donors (Lipinski definition) is 0. The molecule has 2 aromatic carbocycles. The summed E-state index contributed by atoms with van der Waals surface area (Å²) >= 11 is 0. The van der Waals surface area contributed by atoms with Gasteiger partial charge in [0.15, 0.2) is 11.5 Å². The third-order valence-electron chi connectivity index (χ3n) is 3.12. The fourth-order valence-corrected chi connectivity index (χ4v) is 2.08. The maximum absolute atomic E-state index is 14.4. The van der Waals surface area contributed by atoms with Gasteiger partial charge in [0.25, 0.3) is 0 Å². The van der Waals surface area contributed by atoms with E-state index < -0.39 is 66.1 Å². The van der Waals surface area contributed by atoms with Crippen molar-refractivity contribution in [3.05, 3.63) is 41.7 Å². The Hall–Kier alpha value is -3.31. The van der Waals surface area contributed by atoms with Gasteiger partial charge in [-0.25, -0.2) is 9.18 Å². The predicted molar refractivity (Wildman–Crippen MR) is 84.1 cm³/mol. The van der Waals surface area contributed by atoms with E-state index in [-0.39, 0.29) is 0 Å². The van der Waals surface area contributed by atoms with E-state index in [1.54, 1.807) is 0 Å². The highest BCUT2D eigenvalue weighted by atomic mass is 19.4. The highest BCUT2D eigenvalue weighted by Crippen LogP contribution is 2.39. The third kappa shape index (κ3) is 5.83. The molecule has 0 saturated carbocycles. The van der Waals surface area contributed by atoms with E-state index in [2.05, 4.69) is 18.9 Å². The van der Waals surface area contributed by atoms with E-state index in [4.69, 9.17) is 8.85 Å². The summed E-state index contributed by atoms with van der Waals surface area (Å²) in [6, 6.07) is 3.04. The molecular weight excluding hydrogens is 414 g/mol. The summed E-state index contributed by atoms with van der Waals surface area (Å²) in [5.74, 6) is -6.63. The van der Waals surface area contributed by atoms with E-state index in [9.17, 15) is 31.1 Å². The Labute approximate surface area is 163 Å². The number of hydrogen-bond acceptors (Lipinski definition) is 6. The molecule has 0 radical (unpaired) electrons. The van der Waals surface area contributed by atoms with Crippen LogP contribution in [-0.4, -0.2) is 33.1 Å². The molecule has 0 aliphatic heterocycles. The van der Waals surface area contributed by atoms with Gasteiger partial charge in [-0.3, -0.25) is 0 Å². The van der Waals surface area contributed by atoms with Gasteiger partial charge in [-0.05, 0) is 12.1 Å². The summed E-state index contributed by atoms with van der Waals surface area (Å²) in [6.07, 6.45) is -5.12. The number of carbonyl (C=O) groups excluding carboxylic acids is 1. The van der Waals surface area contributed by atoms with Crippen LogP contribution in [0.15, 0.2) is 30.3 Å². The zero-order chi connectivity index (χ0) is 24.3. The van der Waals surface area contributed by atoms with Crippen molar-refractivity contribution < 1.29 is 58.9 Å². The molecule has 0 saturated heterocycles. The highest BCUT2D eigenvalue weighted by Gasteiger charge is 2.31. The van der Waals surface area contributed by atoms with Gasteiger partial charge in [0.1, 0.15) is 28.6 Å². The smallest absolute Gasteiger partial charge is 0.493 e. The first-order valence-corrected chi connectivity index (χ1v) is 7.32. The zero-order valence-electron chi connectivity index (χ0n) is 17.2. The van der Waals surface area contributed by atoms with Gasteiger partial charge in [0.05, 0.1) is 18.3 Å². The number of esters is 1. The zero-order valence-corrected chi connectivity index (χ0v) is 14.2. The van der Waals surface area contributed by atoms with Crippen LogP contribution < -0.4 is 18.9 Å². The standard InChI is InChI=1S/C17H12F6O6/c1-25-12-6-8(29-17(21,22)23)3-4-11(12)28-13-7-9(27-16(19)20)5-10(18)14(13)15(24)26-2/h3-7,16H,1-2H3/i1D3. The number of rotatable bonds is 7. The van der Waals surface area contributed by atoms with Crippen LogP contribution in [0.25, 0.3) is 0 Å². The number of benzene rings is 2. The minimum absolute atomic E-state index is 0.436. The lowest BCUT2D eigenvalue weighted by atomic mass is 10.1. The van der Waals surface area contributed by atoms with Gasteiger partial charge in [0.2, 0.25) is 0 Å². The molecular formula is C17H12F6O6. The van der Waals surface area contributed by atoms with Crippen LogP contribution in [0.4, 0.5) is 26.3 Å². The molecule has 12 heteroatoms. The summed E-state index contributed by atoms with van der Waals surface area (Å²) in [5.41, 5.74) is -0.899. The fraction of sp³-hybridized carbons (Fsp3) is 0.235. The maximum atomic E-state index is 14.4. The molecule has 0 unspecified atom stereocenters. The number of ether oxygens (including phenoxy) is 5. The van der Waals surface area contributed by atoms with E-state index in [0.717, 1.165) is 13.2 Å². The number of carbonyl (C=O) groups is 1. The molecule has 0 atom stereocenters.